The Bertz CT molecular complexity index is 952. The van der Waals surface area contributed by atoms with E-state index in [0.717, 1.165) is 6.07 Å². The molecule has 0 amide bonds. The molecule has 3 rings (SSSR count). The van der Waals surface area contributed by atoms with Crippen molar-refractivity contribution in [1.82, 2.24) is 9.78 Å². The number of thiocarbonyl (C=S) groups is 1. The number of para-hydroxylation sites is 1. The highest BCUT2D eigenvalue weighted by Gasteiger charge is 2.33. The fourth-order valence-electron chi connectivity index (χ4n) is 2.44. The van der Waals surface area contributed by atoms with Crippen molar-refractivity contribution in [2.24, 2.45) is 0 Å². The van der Waals surface area contributed by atoms with Crippen LogP contribution in [0.15, 0.2) is 60.9 Å². The molecule has 3 aromatic rings. The second-order valence-corrected chi connectivity index (χ2v) is 6.05. The normalized spacial score (nSPS) is 11.3. The molecule has 0 bridgehead atoms. The summed E-state index contributed by atoms with van der Waals surface area (Å²) in [5.41, 5.74) is -0.0362. The summed E-state index contributed by atoms with van der Waals surface area (Å²) in [5.74, 6) is -0.344. The van der Waals surface area contributed by atoms with E-state index < -0.39 is 11.7 Å². The molecule has 0 unspecified atom stereocenters. The van der Waals surface area contributed by atoms with Crippen molar-refractivity contribution in [3.63, 3.8) is 0 Å². The Balaban J connectivity index is 1.66. The summed E-state index contributed by atoms with van der Waals surface area (Å²) < 4.78 is 54.2. The number of alkyl halides is 3. The number of aromatic nitrogens is 2. The van der Waals surface area contributed by atoms with Gasteiger partial charge in [0, 0.05) is 11.8 Å². The van der Waals surface area contributed by atoms with Crippen molar-refractivity contribution in [2.45, 2.75) is 12.7 Å². The van der Waals surface area contributed by atoms with Crippen LogP contribution in [0.1, 0.15) is 11.1 Å². The fraction of sp³-hybridized carbons (Fsp3) is 0.111. The number of nitrogens with zero attached hydrogens (tertiary/aromatic N) is 2. The Morgan fingerprint density at radius 3 is 2.48 bits per heavy atom. The van der Waals surface area contributed by atoms with Crippen LogP contribution < -0.4 is 10.6 Å². The molecular formula is C18H14F4N4S. The molecule has 27 heavy (non-hydrogen) atoms. The van der Waals surface area contributed by atoms with E-state index in [-0.39, 0.29) is 23.2 Å². The van der Waals surface area contributed by atoms with E-state index in [9.17, 15) is 17.6 Å². The summed E-state index contributed by atoms with van der Waals surface area (Å²) in [5, 5.41) is 9.38. The van der Waals surface area contributed by atoms with E-state index in [1.165, 1.54) is 35.1 Å². The first-order chi connectivity index (χ1) is 12.8. The fourth-order valence-corrected chi connectivity index (χ4v) is 2.67. The van der Waals surface area contributed by atoms with Gasteiger partial charge in [-0.15, -0.1) is 0 Å². The molecule has 0 fully saturated rings. The number of anilines is 2. The standard InChI is InChI=1S/C18H14F4N4S/c19-15-7-3-1-5-12(15)10-26-11-13(9-23-26)24-17(27)25-16-8-4-2-6-14(16)18(20,21)22/h1-9,11H,10H2,(H2,24,25,27). The molecule has 140 valence electrons. The Kier molecular flexibility index (Phi) is 5.41. The molecule has 0 aliphatic heterocycles. The highest BCUT2D eigenvalue weighted by atomic mass is 32.1. The van der Waals surface area contributed by atoms with Crippen LogP contribution >= 0.6 is 12.2 Å². The minimum atomic E-state index is -4.50. The first-order valence-electron chi connectivity index (χ1n) is 7.83. The SMILES string of the molecule is Fc1ccccc1Cn1cc(NC(=S)Nc2ccccc2C(F)(F)F)cn1. The highest BCUT2D eigenvalue weighted by molar-refractivity contribution is 7.80. The molecule has 0 atom stereocenters. The maximum absolute atomic E-state index is 13.7. The van der Waals surface area contributed by atoms with Gasteiger partial charge in [0.1, 0.15) is 5.82 Å². The molecule has 0 radical (unpaired) electrons. The molecule has 0 saturated heterocycles. The molecule has 2 aromatic carbocycles. The Hall–Kier alpha value is -2.94. The van der Waals surface area contributed by atoms with Gasteiger partial charge in [-0.2, -0.15) is 18.3 Å². The van der Waals surface area contributed by atoms with Crippen LogP contribution in [-0.2, 0) is 12.7 Å². The molecule has 9 heteroatoms. The average Bonchev–Trinajstić information content (AvgIpc) is 3.03. The van der Waals surface area contributed by atoms with Crippen LogP contribution in [0.4, 0.5) is 28.9 Å². The van der Waals surface area contributed by atoms with Gasteiger partial charge in [0.25, 0.3) is 0 Å². The molecule has 4 nitrogen and oxygen atoms in total. The molecule has 0 aliphatic carbocycles. The van der Waals surface area contributed by atoms with Gasteiger partial charge in [0.05, 0.1) is 29.7 Å². The summed E-state index contributed by atoms with van der Waals surface area (Å²) in [6, 6.07) is 11.4. The van der Waals surface area contributed by atoms with Crippen LogP contribution in [0.2, 0.25) is 0 Å². The second kappa shape index (κ2) is 7.75. The Morgan fingerprint density at radius 1 is 1.04 bits per heavy atom. The summed E-state index contributed by atoms with van der Waals surface area (Å²) in [6.07, 6.45) is -1.47. The zero-order valence-corrected chi connectivity index (χ0v) is 14.6. The molecule has 2 N–H and O–H groups in total. The van der Waals surface area contributed by atoms with Crippen molar-refractivity contribution in [1.29, 1.82) is 0 Å². The first-order valence-corrected chi connectivity index (χ1v) is 8.24. The van der Waals surface area contributed by atoms with E-state index in [2.05, 4.69) is 15.7 Å². The summed E-state index contributed by atoms with van der Waals surface area (Å²) in [6.45, 7) is 0.214. The minimum absolute atomic E-state index is 0.0165. The van der Waals surface area contributed by atoms with Crippen molar-refractivity contribution in [3.05, 3.63) is 77.9 Å². The van der Waals surface area contributed by atoms with Crippen LogP contribution in [0.3, 0.4) is 0 Å². The van der Waals surface area contributed by atoms with Crippen LogP contribution in [0.25, 0.3) is 0 Å². The van der Waals surface area contributed by atoms with E-state index >= 15 is 0 Å². The smallest absolute Gasteiger partial charge is 0.332 e. The average molecular weight is 394 g/mol. The quantitative estimate of drug-likeness (QED) is 0.488. The van der Waals surface area contributed by atoms with Gasteiger partial charge in [-0.25, -0.2) is 4.39 Å². The van der Waals surface area contributed by atoms with Gasteiger partial charge in [0.15, 0.2) is 5.11 Å². The number of benzene rings is 2. The zero-order valence-electron chi connectivity index (χ0n) is 13.8. The van der Waals surface area contributed by atoms with Gasteiger partial charge in [0.2, 0.25) is 0 Å². The number of rotatable bonds is 4. The van der Waals surface area contributed by atoms with Gasteiger partial charge >= 0.3 is 6.18 Å². The Morgan fingerprint density at radius 2 is 1.74 bits per heavy atom. The largest absolute Gasteiger partial charge is 0.418 e. The third-order valence-corrected chi connectivity index (χ3v) is 3.87. The van der Waals surface area contributed by atoms with E-state index in [1.54, 1.807) is 24.4 Å². The topological polar surface area (TPSA) is 41.9 Å². The number of nitrogens with one attached hydrogen (secondary N) is 2. The van der Waals surface area contributed by atoms with Gasteiger partial charge < -0.3 is 10.6 Å². The van der Waals surface area contributed by atoms with Crippen LogP contribution in [-0.4, -0.2) is 14.9 Å². The summed E-state index contributed by atoms with van der Waals surface area (Å²) in [4.78, 5) is 0. The maximum atomic E-state index is 13.7. The summed E-state index contributed by atoms with van der Waals surface area (Å²) >= 11 is 5.07. The molecule has 1 heterocycles. The monoisotopic (exact) mass is 394 g/mol. The van der Waals surface area contributed by atoms with E-state index in [4.69, 9.17) is 12.2 Å². The van der Waals surface area contributed by atoms with E-state index in [0.29, 0.717) is 11.3 Å². The molecule has 0 saturated carbocycles. The van der Waals surface area contributed by atoms with Crippen molar-refractivity contribution in [3.8, 4) is 0 Å². The molecular weight excluding hydrogens is 380 g/mol. The number of hydrogen-bond acceptors (Lipinski definition) is 2. The second-order valence-electron chi connectivity index (χ2n) is 5.64. The lowest BCUT2D eigenvalue weighted by atomic mass is 10.1. The van der Waals surface area contributed by atoms with Gasteiger partial charge in [-0.1, -0.05) is 30.3 Å². The van der Waals surface area contributed by atoms with Gasteiger partial charge in [-0.05, 0) is 30.4 Å². The lowest BCUT2D eigenvalue weighted by Gasteiger charge is -2.15. The molecule has 1 aromatic heterocycles. The van der Waals surface area contributed by atoms with Gasteiger partial charge in [-0.3, -0.25) is 4.68 Å². The van der Waals surface area contributed by atoms with Crippen molar-refractivity contribution < 1.29 is 17.6 Å². The highest BCUT2D eigenvalue weighted by Crippen LogP contribution is 2.34. The number of hydrogen-bond donors (Lipinski definition) is 2. The minimum Gasteiger partial charge on any atom is -0.332 e. The lowest BCUT2D eigenvalue weighted by Crippen LogP contribution is -2.21. The molecule has 0 aliphatic rings. The lowest BCUT2D eigenvalue weighted by molar-refractivity contribution is -0.136. The number of halogens is 4. The Labute approximate surface area is 157 Å². The third kappa shape index (κ3) is 4.82. The predicted octanol–water partition coefficient (Wildman–Crippen LogP) is 4.90. The molecule has 0 spiro atoms. The van der Waals surface area contributed by atoms with Crippen LogP contribution in [0, 0.1) is 5.82 Å². The van der Waals surface area contributed by atoms with E-state index in [1.807, 2.05) is 0 Å². The van der Waals surface area contributed by atoms with Crippen molar-refractivity contribution >= 4 is 28.7 Å². The summed E-state index contributed by atoms with van der Waals surface area (Å²) in [7, 11) is 0. The maximum Gasteiger partial charge on any atom is 0.418 e. The first kappa shape index (κ1) is 18.8. The van der Waals surface area contributed by atoms with Crippen LogP contribution in [0.5, 0.6) is 0 Å². The zero-order chi connectivity index (χ0) is 19.4. The van der Waals surface area contributed by atoms with Crippen molar-refractivity contribution in [2.75, 3.05) is 10.6 Å². The third-order valence-electron chi connectivity index (χ3n) is 3.66. The predicted molar refractivity (Wildman–Crippen MR) is 99.0 cm³/mol.